The van der Waals surface area contributed by atoms with Gasteiger partial charge < -0.3 is 10.2 Å². The molecule has 0 spiro atoms. The van der Waals surface area contributed by atoms with E-state index in [1.165, 1.54) is 6.07 Å². The molecule has 7 nitrogen and oxygen atoms in total. The number of hydrogen-bond donors (Lipinski definition) is 2. The molecule has 3 rings (SSSR count). The van der Waals surface area contributed by atoms with E-state index in [9.17, 15) is 13.2 Å². The highest BCUT2D eigenvalue weighted by Gasteiger charge is 2.29. The van der Waals surface area contributed by atoms with Crippen LogP contribution in [0.15, 0.2) is 41.6 Å². The van der Waals surface area contributed by atoms with Crippen LogP contribution >= 0.6 is 0 Å². The molecule has 1 aliphatic heterocycles. The predicted octanol–water partition coefficient (Wildman–Crippen LogP) is 1.13. The number of pyridine rings is 1. The second-order valence-corrected chi connectivity index (χ2v) is 8.00. The van der Waals surface area contributed by atoms with E-state index in [0.29, 0.717) is 36.3 Å². The highest BCUT2D eigenvalue weighted by Crippen LogP contribution is 2.26. The molecule has 138 valence electrons. The van der Waals surface area contributed by atoms with Gasteiger partial charge in [0, 0.05) is 37.6 Å². The number of piperazine rings is 1. The number of benzene rings is 1. The number of aromatic nitrogens is 1. The summed E-state index contributed by atoms with van der Waals surface area (Å²) in [4.78, 5) is 19.1. The molecule has 1 aromatic carbocycles. The van der Waals surface area contributed by atoms with Gasteiger partial charge in [0.2, 0.25) is 10.0 Å². The summed E-state index contributed by atoms with van der Waals surface area (Å²) in [5.74, 6) is -0.214. The normalized spacial score (nSPS) is 18.0. The number of carbonyl (C=O) groups excluding carboxylic acids is 1. The molecule has 0 radical (unpaired) electrons. The van der Waals surface area contributed by atoms with Crippen LogP contribution in [0.1, 0.15) is 33.1 Å². The molecule has 3 N–H and O–H groups in total. The lowest BCUT2D eigenvalue weighted by molar-refractivity contribution is 0.0633. The summed E-state index contributed by atoms with van der Waals surface area (Å²) in [5, 5.41) is 8.61. The van der Waals surface area contributed by atoms with Gasteiger partial charge in [0.05, 0.1) is 10.9 Å². The van der Waals surface area contributed by atoms with Crippen molar-refractivity contribution in [3.63, 3.8) is 0 Å². The van der Waals surface area contributed by atoms with E-state index in [4.69, 9.17) is 5.14 Å². The minimum absolute atomic E-state index is 0.00564. The number of amides is 1. The summed E-state index contributed by atoms with van der Waals surface area (Å²) in [5.41, 5.74) is 2.54. The molecule has 2 heterocycles. The minimum atomic E-state index is -3.90. The predicted molar refractivity (Wildman–Crippen MR) is 98.2 cm³/mol. The molecule has 1 aliphatic rings. The molecule has 2 aromatic rings. The van der Waals surface area contributed by atoms with Crippen LogP contribution in [0.5, 0.6) is 0 Å². The first-order valence-corrected chi connectivity index (χ1v) is 9.89. The molecule has 1 unspecified atom stereocenters. The lowest BCUT2D eigenvalue weighted by Gasteiger charge is -2.36. The van der Waals surface area contributed by atoms with Crippen LogP contribution in [0.4, 0.5) is 0 Å². The first-order valence-electron chi connectivity index (χ1n) is 8.34. The number of aryl methyl sites for hydroxylation is 1. The maximum absolute atomic E-state index is 13.2. The molecular weight excluding hydrogens is 352 g/mol. The lowest BCUT2D eigenvalue weighted by atomic mass is 10.0. The molecule has 0 bridgehead atoms. The van der Waals surface area contributed by atoms with Gasteiger partial charge in [-0.2, -0.15) is 0 Å². The number of hydrogen-bond acceptors (Lipinski definition) is 5. The SMILES string of the molecule is Cc1cc(C(=O)N2CCNCC2c2cccnc2)cc(S(N)(=O)=O)c1C. The van der Waals surface area contributed by atoms with Crippen molar-refractivity contribution < 1.29 is 13.2 Å². The second-order valence-electron chi connectivity index (χ2n) is 6.47. The van der Waals surface area contributed by atoms with Crippen molar-refractivity contribution in [1.82, 2.24) is 15.2 Å². The number of nitrogens with two attached hydrogens (primary N) is 1. The fourth-order valence-electron chi connectivity index (χ4n) is 3.23. The van der Waals surface area contributed by atoms with E-state index in [-0.39, 0.29) is 16.8 Å². The summed E-state index contributed by atoms with van der Waals surface area (Å²) < 4.78 is 23.8. The zero-order chi connectivity index (χ0) is 18.9. The second kappa shape index (κ2) is 7.14. The van der Waals surface area contributed by atoms with Crippen LogP contribution in [-0.4, -0.2) is 43.8 Å². The average molecular weight is 374 g/mol. The van der Waals surface area contributed by atoms with Crippen molar-refractivity contribution in [3.8, 4) is 0 Å². The van der Waals surface area contributed by atoms with E-state index in [1.54, 1.807) is 37.2 Å². The van der Waals surface area contributed by atoms with Gasteiger partial charge >= 0.3 is 0 Å². The third-order valence-electron chi connectivity index (χ3n) is 4.75. The Morgan fingerprint density at radius 3 is 2.77 bits per heavy atom. The average Bonchev–Trinajstić information content (AvgIpc) is 2.63. The van der Waals surface area contributed by atoms with Crippen LogP contribution in [0.3, 0.4) is 0 Å². The highest BCUT2D eigenvalue weighted by molar-refractivity contribution is 7.89. The van der Waals surface area contributed by atoms with Crippen LogP contribution in [0, 0.1) is 13.8 Å². The zero-order valence-electron chi connectivity index (χ0n) is 14.8. The minimum Gasteiger partial charge on any atom is -0.329 e. The monoisotopic (exact) mass is 374 g/mol. The van der Waals surface area contributed by atoms with Crippen molar-refractivity contribution in [3.05, 3.63) is 58.9 Å². The Labute approximate surface area is 153 Å². The molecule has 0 saturated carbocycles. The van der Waals surface area contributed by atoms with Gasteiger partial charge in [0.15, 0.2) is 0 Å². The van der Waals surface area contributed by atoms with Crippen molar-refractivity contribution in [2.45, 2.75) is 24.8 Å². The number of nitrogens with zero attached hydrogens (tertiary/aromatic N) is 2. The van der Waals surface area contributed by atoms with Gasteiger partial charge in [-0.15, -0.1) is 0 Å². The molecule has 1 amide bonds. The Morgan fingerprint density at radius 1 is 1.35 bits per heavy atom. The Balaban J connectivity index is 2.01. The van der Waals surface area contributed by atoms with Crippen LogP contribution in [0.25, 0.3) is 0 Å². The molecule has 26 heavy (non-hydrogen) atoms. The van der Waals surface area contributed by atoms with E-state index in [2.05, 4.69) is 10.3 Å². The van der Waals surface area contributed by atoms with E-state index < -0.39 is 10.0 Å². The third kappa shape index (κ3) is 3.62. The summed E-state index contributed by atoms with van der Waals surface area (Å²) in [6, 6.07) is 6.70. The van der Waals surface area contributed by atoms with E-state index in [1.807, 2.05) is 12.1 Å². The maximum atomic E-state index is 13.2. The van der Waals surface area contributed by atoms with Gasteiger partial charge in [-0.25, -0.2) is 13.6 Å². The first-order chi connectivity index (χ1) is 12.3. The third-order valence-corrected chi connectivity index (χ3v) is 5.78. The fourth-order valence-corrected chi connectivity index (χ4v) is 4.11. The summed E-state index contributed by atoms with van der Waals surface area (Å²) in [6.07, 6.45) is 3.43. The van der Waals surface area contributed by atoms with Crippen LogP contribution in [-0.2, 0) is 10.0 Å². The van der Waals surface area contributed by atoms with Crippen LogP contribution < -0.4 is 10.5 Å². The molecule has 1 saturated heterocycles. The van der Waals surface area contributed by atoms with Crippen LogP contribution in [0.2, 0.25) is 0 Å². The summed E-state index contributed by atoms with van der Waals surface area (Å²) >= 11 is 0. The number of rotatable bonds is 3. The van der Waals surface area contributed by atoms with Gasteiger partial charge in [0.25, 0.3) is 5.91 Å². The maximum Gasteiger partial charge on any atom is 0.254 e. The number of sulfonamides is 1. The van der Waals surface area contributed by atoms with E-state index >= 15 is 0 Å². The standard InChI is InChI=1S/C18H22N4O3S/c1-12-8-15(9-17(13(12)2)26(19,24)25)18(23)22-7-6-21-11-16(22)14-4-3-5-20-10-14/h3-5,8-10,16,21H,6-7,11H2,1-2H3,(H2,19,24,25). The van der Waals surface area contributed by atoms with Crippen molar-refractivity contribution in [2.75, 3.05) is 19.6 Å². The Bertz CT molecular complexity index is 929. The Hall–Kier alpha value is -2.29. The van der Waals surface area contributed by atoms with Gasteiger partial charge in [-0.1, -0.05) is 6.07 Å². The van der Waals surface area contributed by atoms with Crippen molar-refractivity contribution in [1.29, 1.82) is 0 Å². The van der Waals surface area contributed by atoms with Crippen molar-refractivity contribution >= 4 is 15.9 Å². The Morgan fingerprint density at radius 2 is 2.12 bits per heavy atom. The lowest BCUT2D eigenvalue weighted by Crippen LogP contribution is -2.48. The molecule has 1 atom stereocenters. The number of carbonyl (C=O) groups is 1. The number of primary sulfonamides is 1. The quantitative estimate of drug-likeness (QED) is 0.838. The molecule has 8 heteroatoms. The summed E-state index contributed by atoms with van der Waals surface area (Å²) in [6.45, 7) is 5.28. The molecule has 1 fully saturated rings. The molecule has 1 aromatic heterocycles. The number of nitrogens with one attached hydrogen (secondary N) is 1. The van der Waals surface area contributed by atoms with Gasteiger partial charge in [0.1, 0.15) is 0 Å². The highest BCUT2D eigenvalue weighted by atomic mass is 32.2. The molecular formula is C18H22N4O3S. The van der Waals surface area contributed by atoms with Gasteiger partial charge in [-0.3, -0.25) is 9.78 Å². The molecule has 0 aliphatic carbocycles. The van der Waals surface area contributed by atoms with Crippen molar-refractivity contribution in [2.24, 2.45) is 5.14 Å². The zero-order valence-corrected chi connectivity index (χ0v) is 15.6. The topological polar surface area (TPSA) is 105 Å². The first kappa shape index (κ1) is 18.5. The Kier molecular flexibility index (Phi) is 5.08. The largest absolute Gasteiger partial charge is 0.329 e. The smallest absolute Gasteiger partial charge is 0.254 e. The van der Waals surface area contributed by atoms with Gasteiger partial charge in [-0.05, 0) is 48.7 Å². The summed E-state index contributed by atoms with van der Waals surface area (Å²) in [7, 11) is -3.90. The fraction of sp³-hybridized carbons (Fsp3) is 0.333. The van der Waals surface area contributed by atoms with E-state index in [0.717, 1.165) is 5.56 Å².